The SMILES string of the molecule is COc1ccccc1-c1nn2cnc(N)c2cc1C. The number of nitrogens with zero attached hydrogens (tertiary/aromatic N) is 3. The zero-order valence-electron chi connectivity index (χ0n) is 10.8. The third-order valence-electron chi connectivity index (χ3n) is 3.11. The summed E-state index contributed by atoms with van der Waals surface area (Å²) in [5.41, 5.74) is 9.46. The van der Waals surface area contributed by atoms with Crippen molar-refractivity contribution in [3.8, 4) is 17.0 Å². The highest BCUT2D eigenvalue weighted by atomic mass is 16.5. The zero-order valence-corrected chi connectivity index (χ0v) is 10.8. The number of para-hydroxylation sites is 1. The number of nitrogens with two attached hydrogens (primary N) is 1. The number of methoxy groups -OCH3 is 1. The first-order valence-corrected chi connectivity index (χ1v) is 5.94. The van der Waals surface area contributed by atoms with Crippen molar-refractivity contribution in [1.82, 2.24) is 14.6 Å². The first-order valence-electron chi connectivity index (χ1n) is 5.94. The van der Waals surface area contributed by atoms with Gasteiger partial charge in [-0.1, -0.05) is 12.1 Å². The molecule has 0 bridgehead atoms. The normalized spacial score (nSPS) is 10.8. The summed E-state index contributed by atoms with van der Waals surface area (Å²) in [6, 6.07) is 9.79. The van der Waals surface area contributed by atoms with E-state index < -0.39 is 0 Å². The van der Waals surface area contributed by atoms with Crippen LogP contribution in [0.4, 0.5) is 5.82 Å². The maximum atomic E-state index is 5.79. The van der Waals surface area contributed by atoms with Gasteiger partial charge in [-0.25, -0.2) is 9.50 Å². The standard InChI is InChI=1S/C14H14N4O/c1-9-7-11-14(15)16-8-18(11)17-13(9)10-5-3-4-6-12(10)19-2/h3-8H,15H2,1-2H3. The number of nitrogen functional groups attached to an aromatic ring is 1. The summed E-state index contributed by atoms with van der Waals surface area (Å²) < 4.78 is 7.07. The maximum Gasteiger partial charge on any atom is 0.151 e. The minimum Gasteiger partial charge on any atom is -0.496 e. The van der Waals surface area contributed by atoms with Gasteiger partial charge in [0.2, 0.25) is 0 Å². The van der Waals surface area contributed by atoms with Gasteiger partial charge in [0.05, 0.1) is 12.8 Å². The third kappa shape index (κ3) is 1.79. The lowest BCUT2D eigenvalue weighted by Gasteiger charge is -2.10. The van der Waals surface area contributed by atoms with Gasteiger partial charge in [-0.3, -0.25) is 0 Å². The number of rotatable bonds is 2. The van der Waals surface area contributed by atoms with Gasteiger partial charge in [-0.15, -0.1) is 0 Å². The molecule has 0 atom stereocenters. The van der Waals surface area contributed by atoms with Crippen LogP contribution in [-0.4, -0.2) is 21.7 Å². The van der Waals surface area contributed by atoms with E-state index in [0.29, 0.717) is 5.82 Å². The molecule has 0 unspecified atom stereocenters. The van der Waals surface area contributed by atoms with E-state index in [2.05, 4.69) is 10.1 Å². The molecule has 2 N–H and O–H groups in total. The van der Waals surface area contributed by atoms with Crippen molar-refractivity contribution in [3.05, 3.63) is 42.2 Å². The average molecular weight is 254 g/mol. The van der Waals surface area contributed by atoms with E-state index in [1.165, 1.54) is 0 Å². The van der Waals surface area contributed by atoms with E-state index in [-0.39, 0.29) is 0 Å². The Bertz CT molecular complexity index is 748. The Morgan fingerprint density at radius 2 is 2.05 bits per heavy atom. The molecule has 19 heavy (non-hydrogen) atoms. The molecule has 0 spiro atoms. The van der Waals surface area contributed by atoms with Crippen LogP contribution < -0.4 is 10.5 Å². The smallest absolute Gasteiger partial charge is 0.151 e. The molecule has 96 valence electrons. The van der Waals surface area contributed by atoms with Crippen molar-refractivity contribution in [1.29, 1.82) is 0 Å². The summed E-state index contributed by atoms with van der Waals surface area (Å²) in [4.78, 5) is 4.06. The molecule has 0 aliphatic heterocycles. The topological polar surface area (TPSA) is 65.4 Å². The van der Waals surface area contributed by atoms with Crippen LogP contribution in [0.15, 0.2) is 36.7 Å². The van der Waals surface area contributed by atoms with Gasteiger partial charge >= 0.3 is 0 Å². The number of ether oxygens (including phenoxy) is 1. The molecule has 2 heterocycles. The first-order chi connectivity index (χ1) is 9.20. The fourth-order valence-electron chi connectivity index (χ4n) is 2.15. The van der Waals surface area contributed by atoms with Gasteiger partial charge in [0, 0.05) is 5.56 Å². The molecule has 3 rings (SSSR count). The van der Waals surface area contributed by atoms with E-state index in [9.17, 15) is 0 Å². The van der Waals surface area contributed by atoms with Crippen molar-refractivity contribution in [3.63, 3.8) is 0 Å². The number of fused-ring (bicyclic) bond motifs is 1. The molecule has 0 aliphatic carbocycles. The number of hydrogen-bond acceptors (Lipinski definition) is 4. The summed E-state index contributed by atoms with van der Waals surface area (Å²) in [6.07, 6.45) is 1.61. The Kier molecular flexibility index (Phi) is 2.59. The molecule has 0 saturated heterocycles. The minimum absolute atomic E-state index is 0.488. The van der Waals surface area contributed by atoms with Crippen molar-refractivity contribution in [2.45, 2.75) is 6.92 Å². The van der Waals surface area contributed by atoms with Crippen LogP contribution in [0.2, 0.25) is 0 Å². The van der Waals surface area contributed by atoms with Gasteiger partial charge in [0.15, 0.2) is 5.82 Å². The Labute approximate surface area is 110 Å². The Balaban J connectivity index is 2.27. The molecule has 0 saturated carbocycles. The summed E-state index contributed by atoms with van der Waals surface area (Å²) >= 11 is 0. The van der Waals surface area contributed by atoms with Gasteiger partial charge in [0.1, 0.15) is 17.6 Å². The Morgan fingerprint density at radius 1 is 1.26 bits per heavy atom. The van der Waals surface area contributed by atoms with E-state index in [1.54, 1.807) is 18.0 Å². The zero-order chi connectivity index (χ0) is 13.4. The lowest BCUT2D eigenvalue weighted by molar-refractivity contribution is 0.416. The highest BCUT2D eigenvalue weighted by Crippen LogP contribution is 2.31. The number of aryl methyl sites for hydroxylation is 1. The van der Waals surface area contributed by atoms with Crippen molar-refractivity contribution < 1.29 is 4.74 Å². The number of hydrogen-bond donors (Lipinski definition) is 1. The average Bonchev–Trinajstić information content (AvgIpc) is 2.79. The molecule has 2 aromatic heterocycles. The van der Waals surface area contributed by atoms with Crippen LogP contribution in [0, 0.1) is 6.92 Å². The minimum atomic E-state index is 0.488. The van der Waals surface area contributed by atoms with Gasteiger partial charge in [-0.2, -0.15) is 5.10 Å². The second-order valence-electron chi connectivity index (χ2n) is 4.34. The van der Waals surface area contributed by atoms with E-state index in [1.807, 2.05) is 37.3 Å². The first kappa shape index (κ1) is 11.5. The molecule has 0 aliphatic rings. The molecule has 3 aromatic rings. The Morgan fingerprint density at radius 3 is 2.84 bits per heavy atom. The van der Waals surface area contributed by atoms with Gasteiger partial charge in [0.25, 0.3) is 0 Å². The number of aromatic nitrogens is 3. The number of anilines is 1. The fraction of sp³-hybridized carbons (Fsp3) is 0.143. The molecule has 0 radical (unpaired) electrons. The largest absolute Gasteiger partial charge is 0.496 e. The molecule has 5 nitrogen and oxygen atoms in total. The highest BCUT2D eigenvalue weighted by Gasteiger charge is 2.12. The monoisotopic (exact) mass is 254 g/mol. The van der Waals surface area contributed by atoms with E-state index in [4.69, 9.17) is 10.5 Å². The van der Waals surface area contributed by atoms with Gasteiger partial charge in [-0.05, 0) is 30.7 Å². The van der Waals surface area contributed by atoms with E-state index >= 15 is 0 Å². The van der Waals surface area contributed by atoms with Crippen LogP contribution in [0.1, 0.15) is 5.56 Å². The maximum absolute atomic E-state index is 5.79. The summed E-state index contributed by atoms with van der Waals surface area (Å²) in [5.74, 6) is 1.28. The summed E-state index contributed by atoms with van der Waals surface area (Å²) in [7, 11) is 1.65. The molecule has 5 heteroatoms. The van der Waals surface area contributed by atoms with Crippen molar-refractivity contribution in [2.24, 2.45) is 0 Å². The molecular weight excluding hydrogens is 240 g/mol. The van der Waals surface area contributed by atoms with Crippen LogP contribution in [-0.2, 0) is 0 Å². The summed E-state index contributed by atoms with van der Waals surface area (Å²) in [6.45, 7) is 2.00. The Hall–Kier alpha value is -2.56. The summed E-state index contributed by atoms with van der Waals surface area (Å²) in [5, 5.41) is 4.57. The van der Waals surface area contributed by atoms with Crippen LogP contribution in [0.25, 0.3) is 16.8 Å². The van der Waals surface area contributed by atoms with Crippen molar-refractivity contribution in [2.75, 3.05) is 12.8 Å². The quantitative estimate of drug-likeness (QED) is 0.762. The van der Waals surface area contributed by atoms with Crippen LogP contribution in [0.5, 0.6) is 5.75 Å². The van der Waals surface area contributed by atoms with Gasteiger partial charge < -0.3 is 10.5 Å². The van der Waals surface area contributed by atoms with Crippen molar-refractivity contribution >= 4 is 11.3 Å². The molecule has 1 aromatic carbocycles. The predicted octanol–water partition coefficient (Wildman–Crippen LogP) is 2.30. The number of imidazole rings is 1. The molecule has 0 fully saturated rings. The lowest BCUT2D eigenvalue weighted by atomic mass is 10.1. The second kappa shape index (κ2) is 4.28. The predicted molar refractivity (Wildman–Crippen MR) is 74.1 cm³/mol. The van der Waals surface area contributed by atoms with Crippen LogP contribution in [0.3, 0.4) is 0 Å². The highest BCUT2D eigenvalue weighted by molar-refractivity contribution is 5.74. The third-order valence-corrected chi connectivity index (χ3v) is 3.11. The second-order valence-corrected chi connectivity index (χ2v) is 4.34. The number of benzene rings is 1. The fourth-order valence-corrected chi connectivity index (χ4v) is 2.15. The molecular formula is C14H14N4O. The lowest BCUT2D eigenvalue weighted by Crippen LogP contribution is -1.99. The molecule has 0 amide bonds. The van der Waals surface area contributed by atoms with Crippen LogP contribution >= 0.6 is 0 Å². The van der Waals surface area contributed by atoms with E-state index in [0.717, 1.165) is 28.1 Å².